The van der Waals surface area contributed by atoms with Gasteiger partial charge in [0.05, 0.1) is 12.4 Å². The molecule has 2 heterocycles. The largest absolute Gasteiger partial charge is 0.350 e. The molecule has 1 N–H and O–H groups in total. The minimum Gasteiger partial charge on any atom is -0.350 e. The van der Waals surface area contributed by atoms with Gasteiger partial charge in [-0.2, -0.15) is 4.98 Å². The van der Waals surface area contributed by atoms with Crippen molar-refractivity contribution < 1.29 is 9.32 Å². The Morgan fingerprint density at radius 3 is 2.89 bits per heavy atom. The Morgan fingerprint density at radius 2 is 2.28 bits per heavy atom. The summed E-state index contributed by atoms with van der Waals surface area (Å²) in [6.07, 6.45) is 3.10. The van der Waals surface area contributed by atoms with Crippen molar-refractivity contribution in [1.82, 2.24) is 25.4 Å². The number of carbonyl (C=O) groups is 1. The van der Waals surface area contributed by atoms with Gasteiger partial charge in [-0.25, -0.2) is 9.97 Å². The lowest BCUT2D eigenvalue weighted by Crippen LogP contribution is -2.26. The Labute approximate surface area is 108 Å². The first-order valence-electron chi connectivity index (χ1n) is 5.20. The first-order valence-corrected chi connectivity index (χ1v) is 5.58. The van der Waals surface area contributed by atoms with Crippen LogP contribution in [-0.2, 0) is 6.42 Å². The summed E-state index contributed by atoms with van der Waals surface area (Å²) in [5.41, 5.74) is 0.209. The van der Waals surface area contributed by atoms with Crippen LogP contribution in [0.5, 0.6) is 0 Å². The maximum atomic E-state index is 11.6. The summed E-state index contributed by atoms with van der Waals surface area (Å²) >= 11 is 5.57. The standard InChI is InChI=1S/C10H10ClN5O2/c1-6-15-9(18-16-6)2-3-12-10(17)7-4-14-8(11)5-13-7/h4-5H,2-3H2,1H3,(H,12,17). The van der Waals surface area contributed by atoms with Gasteiger partial charge in [-0.15, -0.1) is 0 Å². The molecule has 8 heteroatoms. The molecule has 0 atom stereocenters. The van der Waals surface area contributed by atoms with Crippen molar-refractivity contribution in [2.24, 2.45) is 0 Å². The quantitative estimate of drug-likeness (QED) is 0.880. The van der Waals surface area contributed by atoms with Gasteiger partial charge >= 0.3 is 0 Å². The summed E-state index contributed by atoms with van der Waals surface area (Å²) in [5, 5.41) is 6.55. The molecule has 0 radical (unpaired) electrons. The average molecular weight is 268 g/mol. The summed E-state index contributed by atoms with van der Waals surface area (Å²) in [4.78, 5) is 23.3. The number of amides is 1. The van der Waals surface area contributed by atoms with E-state index in [0.717, 1.165) is 0 Å². The summed E-state index contributed by atoms with van der Waals surface area (Å²) in [5.74, 6) is 0.727. The van der Waals surface area contributed by atoms with Crippen LogP contribution in [0.15, 0.2) is 16.9 Å². The number of nitrogens with zero attached hydrogens (tertiary/aromatic N) is 4. The van der Waals surface area contributed by atoms with Crippen molar-refractivity contribution in [1.29, 1.82) is 0 Å². The highest BCUT2D eigenvalue weighted by atomic mass is 35.5. The molecule has 2 rings (SSSR count). The van der Waals surface area contributed by atoms with Crippen LogP contribution in [-0.4, -0.2) is 32.6 Å². The number of aromatic nitrogens is 4. The van der Waals surface area contributed by atoms with Gasteiger partial charge in [-0.05, 0) is 6.92 Å². The number of halogens is 1. The third-order valence-corrected chi connectivity index (χ3v) is 2.24. The molecule has 0 unspecified atom stereocenters. The van der Waals surface area contributed by atoms with Crippen LogP contribution in [0.3, 0.4) is 0 Å². The van der Waals surface area contributed by atoms with Crippen LogP contribution in [0.2, 0.25) is 5.15 Å². The van der Waals surface area contributed by atoms with Crippen LogP contribution in [0.1, 0.15) is 22.2 Å². The number of carbonyl (C=O) groups excluding carboxylic acids is 1. The topological polar surface area (TPSA) is 93.8 Å². The molecule has 0 aliphatic rings. The molecule has 0 bridgehead atoms. The molecule has 2 aromatic heterocycles. The molecule has 0 saturated carbocycles. The van der Waals surface area contributed by atoms with E-state index in [0.29, 0.717) is 24.7 Å². The molecule has 0 fully saturated rings. The first-order chi connectivity index (χ1) is 8.65. The minimum absolute atomic E-state index is 0.209. The van der Waals surface area contributed by atoms with Gasteiger partial charge in [-0.1, -0.05) is 16.8 Å². The van der Waals surface area contributed by atoms with E-state index in [4.69, 9.17) is 16.1 Å². The highest BCUT2D eigenvalue weighted by Gasteiger charge is 2.08. The molecule has 1 amide bonds. The van der Waals surface area contributed by atoms with Crippen LogP contribution in [0, 0.1) is 6.92 Å². The average Bonchev–Trinajstić information content (AvgIpc) is 2.76. The zero-order valence-corrected chi connectivity index (χ0v) is 10.3. The van der Waals surface area contributed by atoms with E-state index < -0.39 is 0 Å². The lowest BCUT2D eigenvalue weighted by molar-refractivity contribution is 0.0948. The van der Waals surface area contributed by atoms with E-state index in [1.54, 1.807) is 6.92 Å². The lowest BCUT2D eigenvalue weighted by atomic mass is 10.4. The van der Waals surface area contributed by atoms with Crippen molar-refractivity contribution in [3.8, 4) is 0 Å². The summed E-state index contributed by atoms with van der Waals surface area (Å²) in [6, 6.07) is 0. The Balaban J connectivity index is 1.83. The van der Waals surface area contributed by atoms with Crippen molar-refractivity contribution in [2.45, 2.75) is 13.3 Å². The molecule has 0 spiro atoms. The Hall–Kier alpha value is -2.02. The Kier molecular flexibility index (Phi) is 3.83. The van der Waals surface area contributed by atoms with Gasteiger partial charge in [0, 0.05) is 13.0 Å². The van der Waals surface area contributed by atoms with Gasteiger partial charge in [0.2, 0.25) is 5.89 Å². The van der Waals surface area contributed by atoms with Crippen molar-refractivity contribution >= 4 is 17.5 Å². The predicted molar refractivity (Wildman–Crippen MR) is 62.1 cm³/mol. The normalized spacial score (nSPS) is 10.3. The van der Waals surface area contributed by atoms with E-state index in [9.17, 15) is 4.79 Å². The molecule has 0 aromatic carbocycles. The second-order valence-corrected chi connectivity index (χ2v) is 3.85. The Morgan fingerprint density at radius 1 is 1.44 bits per heavy atom. The maximum Gasteiger partial charge on any atom is 0.271 e. The van der Waals surface area contributed by atoms with Crippen molar-refractivity contribution in [3.05, 3.63) is 35.0 Å². The van der Waals surface area contributed by atoms with Crippen molar-refractivity contribution in [2.75, 3.05) is 6.54 Å². The SMILES string of the molecule is Cc1noc(CCNC(=O)c2cnc(Cl)cn2)n1. The molecule has 18 heavy (non-hydrogen) atoms. The fourth-order valence-electron chi connectivity index (χ4n) is 1.24. The number of nitrogens with one attached hydrogen (secondary N) is 1. The fraction of sp³-hybridized carbons (Fsp3) is 0.300. The number of hydrogen-bond donors (Lipinski definition) is 1. The number of rotatable bonds is 4. The maximum absolute atomic E-state index is 11.6. The highest BCUT2D eigenvalue weighted by molar-refractivity contribution is 6.29. The van der Waals surface area contributed by atoms with Gasteiger partial charge in [0.25, 0.3) is 5.91 Å². The molecule has 0 saturated heterocycles. The first kappa shape index (κ1) is 12.4. The third-order valence-electron chi connectivity index (χ3n) is 2.05. The molecule has 94 valence electrons. The van der Waals surface area contributed by atoms with E-state index in [-0.39, 0.29) is 16.8 Å². The summed E-state index contributed by atoms with van der Waals surface area (Å²) in [7, 11) is 0. The second kappa shape index (κ2) is 5.54. The van der Waals surface area contributed by atoms with Crippen LogP contribution < -0.4 is 5.32 Å². The zero-order valence-electron chi connectivity index (χ0n) is 9.55. The predicted octanol–water partition coefficient (Wildman–Crippen LogP) is 0.794. The second-order valence-electron chi connectivity index (χ2n) is 3.47. The fourth-order valence-corrected chi connectivity index (χ4v) is 1.34. The molecule has 0 aliphatic heterocycles. The van der Waals surface area contributed by atoms with Crippen LogP contribution >= 0.6 is 11.6 Å². The minimum atomic E-state index is -0.324. The van der Waals surface area contributed by atoms with E-state index in [1.165, 1.54) is 12.4 Å². The van der Waals surface area contributed by atoms with E-state index in [2.05, 4.69) is 25.4 Å². The number of hydrogen-bond acceptors (Lipinski definition) is 6. The van der Waals surface area contributed by atoms with Gasteiger partial charge in [0.15, 0.2) is 5.82 Å². The monoisotopic (exact) mass is 267 g/mol. The molecule has 2 aromatic rings. The molecule has 0 aliphatic carbocycles. The lowest BCUT2D eigenvalue weighted by Gasteiger charge is -2.01. The van der Waals surface area contributed by atoms with Gasteiger partial charge < -0.3 is 9.84 Å². The Bertz CT molecular complexity index is 539. The summed E-state index contributed by atoms with van der Waals surface area (Å²) < 4.78 is 4.91. The van der Waals surface area contributed by atoms with Crippen LogP contribution in [0.4, 0.5) is 0 Å². The molecular formula is C10H10ClN5O2. The van der Waals surface area contributed by atoms with Crippen LogP contribution in [0.25, 0.3) is 0 Å². The highest BCUT2D eigenvalue weighted by Crippen LogP contribution is 2.01. The molecular weight excluding hydrogens is 258 g/mol. The zero-order chi connectivity index (χ0) is 13.0. The summed E-state index contributed by atoms with van der Waals surface area (Å²) in [6.45, 7) is 2.11. The third kappa shape index (κ3) is 3.24. The van der Waals surface area contributed by atoms with Gasteiger partial charge in [0.1, 0.15) is 10.8 Å². The number of aryl methyl sites for hydroxylation is 1. The van der Waals surface area contributed by atoms with Crippen molar-refractivity contribution in [3.63, 3.8) is 0 Å². The van der Waals surface area contributed by atoms with Gasteiger partial charge in [-0.3, -0.25) is 4.79 Å². The van der Waals surface area contributed by atoms with E-state index >= 15 is 0 Å². The van der Waals surface area contributed by atoms with E-state index in [1.807, 2.05) is 0 Å². The molecule has 7 nitrogen and oxygen atoms in total. The smallest absolute Gasteiger partial charge is 0.271 e.